The number of carbonyl (C=O) groups excluding carboxylic acids is 2. The van der Waals surface area contributed by atoms with Crippen molar-refractivity contribution in [2.24, 2.45) is 12.8 Å². The van der Waals surface area contributed by atoms with E-state index in [1.165, 1.54) is 0 Å². The predicted octanol–water partition coefficient (Wildman–Crippen LogP) is 1.73. The molecule has 1 atom stereocenters. The van der Waals surface area contributed by atoms with Gasteiger partial charge in [-0.1, -0.05) is 18.2 Å². The van der Waals surface area contributed by atoms with Crippen molar-refractivity contribution in [3.8, 4) is 0 Å². The zero-order chi connectivity index (χ0) is 17.1. The molecule has 1 saturated heterocycles. The SMILES string of the molecule is Cn1cccc1C(=O)Nc1ccccc1CN1CCC[C@@H]1C(N)=O. The fraction of sp³-hybridized carbons (Fsp3) is 0.333. The van der Waals surface area contributed by atoms with Crippen molar-refractivity contribution >= 4 is 17.5 Å². The number of hydrogen-bond donors (Lipinski definition) is 2. The maximum atomic E-state index is 12.4. The Kier molecular flexibility index (Phi) is 4.66. The fourth-order valence-corrected chi connectivity index (χ4v) is 3.22. The Balaban J connectivity index is 1.77. The molecule has 0 spiro atoms. The van der Waals surface area contributed by atoms with E-state index in [0.717, 1.165) is 30.6 Å². The maximum Gasteiger partial charge on any atom is 0.272 e. The molecule has 1 aliphatic heterocycles. The number of aryl methyl sites for hydroxylation is 1. The van der Waals surface area contributed by atoms with Crippen molar-refractivity contribution in [2.45, 2.75) is 25.4 Å². The molecule has 0 unspecified atom stereocenters. The van der Waals surface area contributed by atoms with Crippen LogP contribution in [0.3, 0.4) is 0 Å². The largest absolute Gasteiger partial charge is 0.368 e. The topological polar surface area (TPSA) is 80.4 Å². The number of carbonyl (C=O) groups is 2. The number of benzene rings is 1. The number of amides is 2. The van der Waals surface area contributed by atoms with Crippen LogP contribution >= 0.6 is 0 Å². The van der Waals surface area contributed by atoms with Crippen LogP contribution in [0.4, 0.5) is 5.69 Å². The number of nitrogens with zero attached hydrogens (tertiary/aromatic N) is 2. The third-order valence-electron chi connectivity index (χ3n) is 4.51. The van der Waals surface area contributed by atoms with E-state index in [0.29, 0.717) is 12.2 Å². The molecule has 3 rings (SSSR count). The number of para-hydroxylation sites is 1. The molecule has 2 amide bonds. The highest BCUT2D eigenvalue weighted by atomic mass is 16.2. The highest BCUT2D eigenvalue weighted by Crippen LogP contribution is 2.24. The van der Waals surface area contributed by atoms with Gasteiger partial charge in [-0.15, -0.1) is 0 Å². The van der Waals surface area contributed by atoms with Crippen molar-refractivity contribution in [1.82, 2.24) is 9.47 Å². The number of likely N-dealkylation sites (tertiary alicyclic amines) is 1. The zero-order valence-corrected chi connectivity index (χ0v) is 13.7. The van der Waals surface area contributed by atoms with Crippen molar-refractivity contribution < 1.29 is 9.59 Å². The van der Waals surface area contributed by atoms with E-state index >= 15 is 0 Å². The van der Waals surface area contributed by atoms with Crippen LogP contribution in [0.2, 0.25) is 0 Å². The highest BCUT2D eigenvalue weighted by molar-refractivity contribution is 6.03. The molecule has 0 saturated carbocycles. The summed E-state index contributed by atoms with van der Waals surface area (Å²) in [5.74, 6) is -0.430. The van der Waals surface area contributed by atoms with Gasteiger partial charge in [-0.2, -0.15) is 0 Å². The van der Waals surface area contributed by atoms with Crippen LogP contribution in [0.1, 0.15) is 28.9 Å². The standard InChI is InChI=1S/C18H22N4O2/c1-21-10-4-9-16(21)18(24)20-14-7-3-2-6-13(14)12-22-11-5-8-15(22)17(19)23/h2-4,6-7,9-10,15H,5,8,11-12H2,1H3,(H2,19,23)(H,20,24)/t15-/m1/s1. The Hall–Kier alpha value is -2.60. The predicted molar refractivity (Wildman–Crippen MR) is 92.4 cm³/mol. The number of anilines is 1. The van der Waals surface area contributed by atoms with Crippen LogP contribution in [0, 0.1) is 0 Å². The van der Waals surface area contributed by atoms with E-state index < -0.39 is 0 Å². The van der Waals surface area contributed by atoms with Crippen LogP contribution < -0.4 is 11.1 Å². The van der Waals surface area contributed by atoms with Gasteiger partial charge in [0.25, 0.3) is 5.91 Å². The molecule has 2 heterocycles. The fourth-order valence-electron chi connectivity index (χ4n) is 3.22. The van der Waals surface area contributed by atoms with E-state index in [9.17, 15) is 9.59 Å². The van der Waals surface area contributed by atoms with Gasteiger partial charge in [-0.25, -0.2) is 0 Å². The average molecular weight is 326 g/mol. The number of rotatable bonds is 5. The van der Waals surface area contributed by atoms with Gasteiger partial charge in [-0.3, -0.25) is 14.5 Å². The Morgan fingerprint density at radius 3 is 2.75 bits per heavy atom. The number of hydrogen-bond acceptors (Lipinski definition) is 3. The van der Waals surface area contributed by atoms with E-state index in [2.05, 4.69) is 10.2 Å². The first-order chi connectivity index (χ1) is 11.6. The summed E-state index contributed by atoms with van der Waals surface area (Å²) in [7, 11) is 1.84. The second-order valence-electron chi connectivity index (χ2n) is 6.15. The molecule has 1 aromatic heterocycles. The van der Waals surface area contributed by atoms with E-state index in [4.69, 9.17) is 5.73 Å². The normalized spacial score (nSPS) is 17.8. The molecule has 0 aliphatic carbocycles. The van der Waals surface area contributed by atoms with E-state index in [-0.39, 0.29) is 17.9 Å². The van der Waals surface area contributed by atoms with Gasteiger partial charge in [0.1, 0.15) is 5.69 Å². The molecule has 2 aromatic rings. The van der Waals surface area contributed by atoms with Crippen molar-refractivity contribution in [3.63, 3.8) is 0 Å². The summed E-state index contributed by atoms with van der Waals surface area (Å²) in [6.45, 7) is 1.44. The summed E-state index contributed by atoms with van der Waals surface area (Å²) >= 11 is 0. The summed E-state index contributed by atoms with van der Waals surface area (Å²) in [4.78, 5) is 26.1. The van der Waals surface area contributed by atoms with Crippen molar-refractivity contribution in [3.05, 3.63) is 53.9 Å². The Morgan fingerprint density at radius 1 is 1.25 bits per heavy atom. The lowest BCUT2D eigenvalue weighted by atomic mass is 10.1. The van der Waals surface area contributed by atoms with E-state index in [1.807, 2.05) is 43.6 Å². The lowest BCUT2D eigenvalue weighted by molar-refractivity contribution is -0.122. The first-order valence-corrected chi connectivity index (χ1v) is 8.10. The molecule has 1 aromatic carbocycles. The number of nitrogens with one attached hydrogen (secondary N) is 1. The summed E-state index contributed by atoms with van der Waals surface area (Å²) < 4.78 is 1.78. The lowest BCUT2D eigenvalue weighted by Gasteiger charge is -2.23. The number of primary amides is 1. The molecule has 3 N–H and O–H groups in total. The first kappa shape index (κ1) is 16.3. The minimum atomic E-state index is -0.280. The third kappa shape index (κ3) is 3.33. The zero-order valence-electron chi connectivity index (χ0n) is 13.7. The molecule has 0 bridgehead atoms. The number of aromatic nitrogens is 1. The molecular weight excluding hydrogens is 304 g/mol. The van der Waals surface area contributed by atoms with Gasteiger partial charge in [0.15, 0.2) is 0 Å². The summed E-state index contributed by atoms with van der Waals surface area (Å²) in [5, 5.41) is 2.97. The van der Waals surface area contributed by atoms with Crippen LogP contribution in [0.5, 0.6) is 0 Å². The summed E-state index contributed by atoms with van der Waals surface area (Å²) in [5.41, 5.74) is 7.83. The van der Waals surface area contributed by atoms with Gasteiger partial charge >= 0.3 is 0 Å². The maximum absolute atomic E-state index is 12.4. The molecule has 6 nitrogen and oxygen atoms in total. The first-order valence-electron chi connectivity index (χ1n) is 8.10. The molecule has 126 valence electrons. The van der Waals surface area contributed by atoms with Gasteiger partial charge in [-0.05, 0) is 43.1 Å². The second kappa shape index (κ2) is 6.88. The van der Waals surface area contributed by atoms with Gasteiger partial charge in [0.05, 0.1) is 6.04 Å². The van der Waals surface area contributed by atoms with Crippen LogP contribution in [-0.4, -0.2) is 33.9 Å². The van der Waals surface area contributed by atoms with Crippen molar-refractivity contribution in [2.75, 3.05) is 11.9 Å². The molecule has 0 radical (unpaired) electrons. The Bertz CT molecular complexity index is 753. The van der Waals surface area contributed by atoms with E-state index in [1.54, 1.807) is 10.6 Å². The van der Waals surface area contributed by atoms with Gasteiger partial charge in [0.2, 0.25) is 5.91 Å². The second-order valence-corrected chi connectivity index (χ2v) is 6.15. The Labute approximate surface area is 141 Å². The minimum absolute atomic E-state index is 0.150. The van der Waals surface area contributed by atoms with Gasteiger partial charge in [0, 0.05) is 25.5 Å². The Morgan fingerprint density at radius 2 is 2.04 bits per heavy atom. The number of nitrogens with two attached hydrogens (primary N) is 1. The van der Waals surface area contributed by atoms with Gasteiger partial charge < -0.3 is 15.6 Å². The lowest BCUT2D eigenvalue weighted by Crippen LogP contribution is -2.39. The quantitative estimate of drug-likeness (QED) is 0.878. The summed E-state index contributed by atoms with van der Waals surface area (Å²) in [6, 6.07) is 11.1. The molecule has 6 heteroatoms. The molecule has 1 fully saturated rings. The molecule has 1 aliphatic rings. The summed E-state index contributed by atoms with van der Waals surface area (Å²) in [6.07, 6.45) is 3.60. The molecular formula is C18H22N4O2. The van der Waals surface area contributed by atoms with Crippen LogP contribution in [-0.2, 0) is 18.4 Å². The van der Waals surface area contributed by atoms with Crippen LogP contribution in [0.25, 0.3) is 0 Å². The van der Waals surface area contributed by atoms with Crippen molar-refractivity contribution in [1.29, 1.82) is 0 Å². The minimum Gasteiger partial charge on any atom is -0.368 e. The molecule has 24 heavy (non-hydrogen) atoms. The highest BCUT2D eigenvalue weighted by Gasteiger charge is 2.29. The average Bonchev–Trinajstić information content (AvgIpc) is 3.18. The van der Waals surface area contributed by atoms with Crippen LogP contribution in [0.15, 0.2) is 42.6 Å². The monoisotopic (exact) mass is 326 g/mol. The smallest absolute Gasteiger partial charge is 0.272 e. The third-order valence-corrected chi connectivity index (χ3v) is 4.51.